The standard InChI is InChI=1S/C11H15N3/c1-11(2,8-12)10-5-6-13-14(10)7-9-3-4-9/h5-6,9H,3-4,7H2,1-2H3. The molecule has 14 heavy (non-hydrogen) atoms. The van der Waals surface area contributed by atoms with Crippen LogP contribution in [-0.4, -0.2) is 9.78 Å². The van der Waals surface area contributed by atoms with Gasteiger partial charge in [-0.15, -0.1) is 0 Å². The van der Waals surface area contributed by atoms with Crippen molar-refractivity contribution in [3.63, 3.8) is 0 Å². The molecule has 1 heterocycles. The minimum Gasteiger partial charge on any atom is -0.268 e. The van der Waals surface area contributed by atoms with Crippen molar-refractivity contribution < 1.29 is 0 Å². The third-order valence-corrected chi connectivity index (χ3v) is 2.76. The second-order valence-electron chi connectivity index (χ2n) is 4.58. The van der Waals surface area contributed by atoms with Crippen LogP contribution in [0.5, 0.6) is 0 Å². The summed E-state index contributed by atoms with van der Waals surface area (Å²) < 4.78 is 1.99. The Morgan fingerprint density at radius 3 is 2.93 bits per heavy atom. The highest BCUT2D eigenvalue weighted by molar-refractivity contribution is 5.22. The van der Waals surface area contributed by atoms with Crippen LogP contribution in [0.3, 0.4) is 0 Å². The average Bonchev–Trinajstić information content (AvgIpc) is 2.81. The molecule has 0 unspecified atom stereocenters. The number of nitrogens with zero attached hydrogens (tertiary/aromatic N) is 3. The first-order chi connectivity index (χ1) is 6.63. The van der Waals surface area contributed by atoms with Crippen LogP contribution in [0.15, 0.2) is 12.3 Å². The van der Waals surface area contributed by atoms with Crippen molar-refractivity contribution in [1.29, 1.82) is 5.26 Å². The van der Waals surface area contributed by atoms with Crippen LogP contribution in [0.1, 0.15) is 32.4 Å². The molecule has 0 aromatic carbocycles. The molecular weight excluding hydrogens is 174 g/mol. The Kier molecular flexibility index (Phi) is 2.07. The molecule has 0 bridgehead atoms. The smallest absolute Gasteiger partial charge is 0.0934 e. The molecule has 1 aromatic heterocycles. The zero-order chi connectivity index (χ0) is 10.2. The quantitative estimate of drug-likeness (QED) is 0.730. The van der Waals surface area contributed by atoms with Crippen molar-refractivity contribution in [2.45, 2.75) is 38.6 Å². The van der Waals surface area contributed by atoms with Crippen LogP contribution in [0, 0.1) is 17.2 Å². The van der Waals surface area contributed by atoms with Crippen LogP contribution in [0.2, 0.25) is 0 Å². The van der Waals surface area contributed by atoms with E-state index >= 15 is 0 Å². The lowest BCUT2D eigenvalue weighted by Crippen LogP contribution is -2.20. The molecule has 0 saturated heterocycles. The summed E-state index contributed by atoms with van der Waals surface area (Å²) in [5.74, 6) is 0.795. The van der Waals surface area contributed by atoms with E-state index in [-0.39, 0.29) is 0 Å². The van der Waals surface area contributed by atoms with Gasteiger partial charge in [0.05, 0.1) is 17.2 Å². The summed E-state index contributed by atoms with van der Waals surface area (Å²) in [6, 6.07) is 4.27. The molecule has 0 atom stereocenters. The molecule has 2 rings (SSSR count). The lowest BCUT2D eigenvalue weighted by atomic mass is 9.91. The Balaban J connectivity index is 2.24. The van der Waals surface area contributed by atoms with E-state index in [0.29, 0.717) is 0 Å². The normalized spacial score (nSPS) is 16.6. The van der Waals surface area contributed by atoms with Gasteiger partial charge in [0.15, 0.2) is 0 Å². The fraction of sp³-hybridized carbons (Fsp3) is 0.636. The largest absolute Gasteiger partial charge is 0.268 e. The Bertz CT molecular complexity index is 366. The van der Waals surface area contributed by atoms with E-state index in [1.807, 2.05) is 24.6 Å². The molecule has 1 aliphatic carbocycles. The number of rotatable bonds is 3. The molecule has 1 fully saturated rings. The molecule has 0 amide bonds. The molecule has 1 saturated carbocycles. The Morgan fingerprint density at radius 2 is 2.36 bits per heavy atom. The second kappa shape index (κ2) is 3.13. The molecule has 0 radical (unpaired) electrons. The summed E-state index contributed by atoms with van der Waals surface area (Å²) in [5, 5.41) is 13.3. The highest BCUT2D eigenvalue weighted by atomic mass is 15.3. The van der Waals surface area contributed by atoms with Gasteiger partial charge in [-0.2, -0.15) is 10.4 Å². The molecule has 74 valence electrons. The summed E-state index contributed by atoms with van der Waals surface area (Å²) >= 11 is 0. The highest BCUT2D eigenvalue weighted by Gasteiger charge is 2.28. The van der Waals surface area contributed by atoms with Gasteiger partial charge in [-0.3, -0.25) is 4.68 Å². The molecule has 0 spiro atoms. The summed E-state index contributed by atoms with van der Waals surface area (Å²) in [5.41, 5.74) is 0.609. The topological polar surface area (TPSA) is 41.6 Å². The first kappa shape index (κ1) is 9.26. The van der Waals surface area contributed by atoms with Gasteiger partial charge < -0.3 is 0 Å². The van der Waals surface area contributed by atoms with Crippen molar-refractivity contribution in [2.24, 2.45) is 5.92 Å². The van der Waals surface area contributed by atoms with Gasteiger partial charge in [-0.05, 0) is 38.7 Å². The van der Waals surface area contributed by atoms with Gasteiger partial charge in [0.25, 0.3) is 0 Å². The van der Waals surface area contributed by atoms with Gasteiger partial charge in [0, 0.05) is 12.7 Å². The van der Waals surface area contributed by atoms with E-state index in [0.717, 1.165) is 18.2 Å². The minimum atomic E-state index is -0.425. The maximum Gasteiger partial charge on any atom is 0.0934 e. The van der Waals surface area contributed by atoms with Gasteiger partial charge in [0.1, 0.15) is 0 Å². The third-order valence-electron chi connectivity index (χ3n) is 2.76. The summed E-state index contributed by atoms with van der Waals surface area (Å²) in [7, 11) is 0. The number of nitriles is 1. The monoisotopic (exact) mass is 189 g/mol. The van der Waals surface area contributed by atoms with Crippen LogP contribution in [0.25, 0.3) is 0 Å². The molecule has 3 nitrogen and oxygen atoms in total. The lowest BCUT2D eigenvalue weighted by Gasteiger charge is -2.17. The van der Waals surface area contributed by atoms with Gasteiger partial charge in [-0.25, -0.2) is 0 Å². The predicted octanol–water partition coefficient (Wildman–Crippen LogP) is 2.09. The van der Waals surface area contributed by atoms with Gasteiger partial charge >= 0.3 is 0 Å². The summed E-state index contributed by atoms with van der Waals surface area (Å²) in [6.07, 6.45) is 4.41. The Morgan fingerprint density at radius 1 is 1.64 bits per heavy atom. The number of hydrogen-bond donors (Lipinski definition) is 0. The molecule has 0 N–H and O–H groups in total. The highest BCUT2D eigenvalue weighted by Crippen LogP contribution is 2.32. The third kappa shape index (κ3) is 1.65. The van der Waals surface area contributed by atoms with E-state index in [9.17, 15) is 0 Å². The Hall–Kier alpha value is -1.30. The number of hydrogen-bond acceptors (Lipinski definition) is 2. The molecular formula is C11H15N3. The maximum atomic E-state index is 9.05. The fourth-order valence-corrected chi connectivity index (χ4v) is 1.61. The van der Waals surface area contributed by atoms with E-state index < -0.39 is 5.41 Å². The maximum absolute atomic E-state index is 9.05. The molecule has 1 aromatic rings. The van der Waals surface area contributed by atoms with Crippen molar-refractivity contribution >= 4 is 0 Å². The van der Waals surface area contributed by atoms with Gasteiger partial charge in [-0.1, -0.05) is 0 Å². The fourth-order valence-electron chi connectivity index (χ4n) is 1.61. The summed E-state index contributed by atoms with van der Waals surface area (Å²) in [6.45, 7) is 4.86. The first-order valence-electron chi connectivity index (χ1n) is 5.07. The predicted molar refractivity (Wildman–Crippen MR) is 53.6 cm³/mol. The van der Waals surface area contributed by atoms with Crippen molar-refractivity contribution in [3.05, 3.63) is 18.0 Å². The molecule has 1 aliphatic rings. The van der Waals surface area contributed by atoms with Crippen LogP contribution in [-0.2, 0) is 12.0 Å². The summed E-state index contributed by atoms with van der Waals surface area (Å²) in [4.78, 5) is 0. The number of aromatic nitrogens is 2. The zero-order valence-corrected chi connectivity index (χ0v) is 8.70. The Labute approximate surface area is 84.3 Å². The van der Waals surface area contributed by atoms with E-state index in [4.69, 9.17) is 5.26 Å². The lowest BCUT2D eigenvalue weighted by molar-refractivity contribution is 0.497. The first-order valence-corrected chi connectivity index (χ1v) is 5.07. The average molecular weight is 189 g/mol. The van der Waals surface area contributed by atoms with E-state index in [2.05, 4.69) is 11.2 Å². The van der Waals surface area contributed by atoms with Crippen molar-refractivity contribution in [1.82, 2.24) is 9.78 Å². The van der Waals surface area contributed by atoms with Crippen molar-refractivity contribution in [3.8, 4) is 6.07 Å². The molecule has 3 heteroatoms. The minimum absolute atomic E-state index is 0.425. The SMILES string of the molecule is CC(C)(C#N)c1ccnn1CC1CC1. The van der Waals surface area contributed by atoms with Crippen LogP contribution >= 0.6 is 0 Å². The van der Waals surface area contributed by atoms with E-state index in [1.165, 1.54) is 12.8 Å². The van der Waals surface area contributed by atoms with Crippen molar-refractivity contribution in [2.75, 3.05) is 0 Å². The van der Waals surface area contributed by atoms with Crippen LogP contribution in [0.4, 0.5) is 0 Å². The van der Waals surface area contributed by atoms with Gasteiger partial charge in [0.2, 0.25) is 0 Å². The second-order valence-corrected chi connectivity index (χ2v) is 4.58. The molecule has 0 aliphatic heterocycles. The van der Waals surface area contributed by atoms with Crippen LogP contribution < -0.4 is 0 Å². The van der Waals surface area contributed by atoms with E-state index in [1.54, 1.807) is 6.20 Å². The zero-order valence-electron chi connectivity index (χ0n) is 8.70.